The number of H-pyrrole nitrogens is 1. The number of imidazole rings is 1. The highest BCUT2D eigenvalue weighted by Gasteiger charge is 2.09. The second kappa shape index (κ2) is 4.57. The molecule has 2 N–H and O–H groups in total. The fourth-order valence-electron chi connectivity index (χ4n) is 1.81. The largest absolute Gasteiger partial charge is 0.346 e. The summed E-state index contributed by atoms with van der Waals surface area (Å²) in [5.41, 5.74) is 1.25. The molecule has 1 fully saturated rings. The Morgan fingerprint density at radius 2 is 2.21 bits per heavy atom. The van der Waals surface area contributed by atoms with Crippen molar-refractivity contribution in [1.82, 2.24) is 20.2 Å². The van der Waals surface area contributed by atoms with Crippen molar-refractivity contribution >= 4 is 0 Å². The molecule has 0 aliphatic carbocycles. The van der Waals surface area contributed by atoms with Gasteiger partial charge in [-0.05, 0) is 6.92 Å². The lowest BCUT2D eigenvalue weighted by atomic mass is 10.3. The molecule has 1 saturated heterocycles. The van der Waals surface area contributed by atoms with E-state index in [-0.39, 0.29) is 0 Å². The molecule has 4 heteroatoms. The molecule has 0 radical (unpaired) electrons. The summed E-state index contributed by atoms with van der Waals surface area (Å²) in [5, 5.41) is 3.36. The normalized spacial score (nSPS) is 18.6. The van der Waals surface area contributed by atoms with Gasteiger partial charge in [-0.15, -0.1) is 0 Å². The van der Waals surface area contributed by atoms with E-state index in [1.165, 1.54) is 18.8 Å². The molecule has 0 saturated carbocycles. The van der Waals surface area contributed by atoms with Crippen LogP contribution in [0.5, 0.6) is 0 Å². The molecule has 0 atom stereocenters. The number of nitrogens with one attached hydrogen (secondary N) is 2. The lowest BCUT2D eigenvalue weighted by Gasteiger charge is -2.26. The molecule has 1 aromatic rings. The zero-order valence-corrected chi connectivity index (χ0v) is 8.71. The minimum absolute atomic E-state index is 1.01. The Morgan fingerprint density at radius 3 is 2.86 bits per heavy atom. The first-order chi connectivity index (χ1) is 6.84. The Balaban J connectivity index is 1.76. The molecule has 0 spiro atoms. The van der Waals surface area contributed by atoms with Gasteiger partial charge in [0.2, 0.25) is 0 Å². The molecule has 0 unspecified atom stereocenters. The SMILES string of the molecule is Cc1ncc(CCN2CCNCC2)[nH]1. The Kier molecular flexibility index (Phi) is 3.16. The quantitative estimate of drug-likeness (QED) is 0.720. The van der Waals surface area contributed by atoms with Gasteiger partial charge in [-0.25, -0.2) is 4.98 Å². The van der Waals surface area contributed by atoms with E-state index in [9.17, 15) is 0 Å². The molecule has 0 amide bonds. The standard InChI is InChI=1S/C10H18N4/c1-9-12-8-10(13-9)2-5-14-6-3-11-4-7-14/h8,11H,2-7H2,1H3,(H,12,13). The highest BCUT2D eigenvalue weighted by Crippen LogP contribution is 2.00. The molecule has 1 aliphatic heterocycles. The summed E-state index contributed by atoms with van der Waals surface area (Å²) in [6, 6.07) is 0. The van der Waals surface area contributed by atoms with Crippen LogP contribution < -0.4 is 5.32 Å². The predicted octanol–water partition coefficient (Wildman–Crippen LogP) is 0.166. The van der Waals surface area contributed by atoms with Crippen molar-refractivity contribution in [2.24, 2.45) is 0 Å². The summed E-state index contributed by atoms with van der Waals surface area (Å²) in [6.07, 6.45) is 3.03. The van der Waals surface area contributed by atoms with Crippen molar-refractivity contribution in [3.63, 3.8) is 0 Å². The first-order valence-corrected chi connectivity index (χ1v) is 5.28. The van der Waals surface area contributed by atoms with E-state index >= 15 is 0 Å². The van der Waals surface area contributed by atoms with Crippen LogP contribution in [0, 0.1) is 6.92 Å². The average Bonchev–Trinajstić information content (AvgIpc) is 2.63. The molecule has 0 bridgehead atoms. The van der Waals surface area contributed by atoms with Gasteiger partial charge in [-0.2, -0.15) is 0 Å². The number of hydrogen-bond acceptors (Lipinski definition) is 3. The van der Waals surface area contributed by atoms with E-state index in [1.807, 2.05) is 13.1 Å². The Bertz CT molecular complexity index is 275. The number of rotatable bonds is 3. The van der Waals surface area contributed by atoms with E-state index in [2.05, 4.69) is 20.2 Å². The van der Waals surface area contributed by atoms with Gasteiger partial charge in [0.1, 0.15) is 5.82 Å². The van der Waals surface area contributed by atoms with E-state index < -0.39 is 0 Å². The topological polar surface area (TPSA) is 44.0 Å². The van der Waals surface area contributed by atoms with Crippen LogP contribution in [-0.4, -0.2) is 47.6 Å². The molecule has 14 heavy (non-hydrogen) atoms. The summed E-state index contributed by atoms with van der Waals surface area (Å²) < 4.78 is 0. The Morgan fingerprint density at radius 1 is 1.43 bits per heavy atom. The first kappa shape index (κ1) is 9.68. The fraction of sp³-hybridized carbons (Fsp3) is 0.700. The third-order valence-corrected chi connectivity index (χ3v) is 2.66. The monoisotopic (exact) mass is 194 g/mol. The number of hydrogen-bond donors (Lipinski definition) is 2. The molecule has 1 aliphatic rings. The third-order valence-electron chi connectivity index (χ3n) is 2.66. The number of aryl methyl sites for hydroxylation is 1. The van der Waals surface area contributed by atoms with Crippen LogP contribution >= 0.6 is 0 Å². The summed E-state index contributed by atoms with van der Waals surface area (Å²) in [7, 11) is 0. The van der Waals surface area contributed by atoms with Crippen molar-refractivity contribution in [3.8, 4) is 0 Å². The van der Waals surface area contributed by atoms with Crippen molar-refractivity contribution in [2.45, 2.75) is 13.3 Å². The van der Waals surface area contributed by atoms with Crippen molar-refractivity contribution < 1.29 is 0 Å². The molecular formula is C10H18N4. The van der Waals surface area contributed by atoms with Crippen molar-refractivity contribution in [2.75, 3.05) is 32.7 Å². The maximum atomic E-state index is 4.19. The molecule has 0 aromatic carbocycles. The van der Waals surface area contributed by atoms with Gasteiger partial charge in [0.15, 0.2) is 0 Å². The maximum absolute atomic E-state index is 4.19. The van der Waals surface area contributed by atoms with Crippen LogP contribution in [-0.2, 0) is 6.42 Å². The number of aromatic nitrogens is 2. The lowest BCUT2D eigenvalue weighted by Crippen LogP contribution is -2.44. The predicted molar refractivity (Wildman–Crippen MR) is 56.3 cm³/mol. The number of nitrogens with zero attached hydrogens (tertiary/aromatic N) is 2. The Hall–Kier alpha value is -0.870. The molecule has 4 nitrogen and oxygen atoms in total. The van der Waals surface area contributed by atoms with Crippen molar-refractivity contribution in [3.05, 3.63) is 17.7 Å². The van der Waals surface area contributed by atoms with Crippen LogP contribution in [0.2, 0.25) is 0 Å². The van der Waals surface area contributed by atoms with Crippen LogP contribution in [0.15, 0.2) is 6.20 Å². The van der Waals surface area contributed by atoms with E-state index in [0.717, 1.165) is 31.9 Å². The van der Waals surface area contributed by atoms with Gasteiger partial charge < -0.3 is 15.2 Å². The van der Waals surface area contributed by atoms with E-state index in [1.54, 1.807) is 0 Å². The highest BCUT2D eigenvalue weighted by molar-refractivity contribution is 5.00. The van der Waals surface area contributed by atoms with Gasteiger partial charge in [0, 0.05) is 51.0 Å². The minimum atomic E-state index is 1.01. The third kappa shape index (κ3) is 2.56. The highest BCUT2D eigenvalue weighted by atomic mass is 15.2. The first-order valence-electron chi connectivity index (χ1n) is 5.28. The fourth-order valence-corrected chi connectivity index (χ4v) is 1.81. The van der Waals surface area contributed by atoms with Gasteiger partial charge in [-0.3, -0.25) is 0 Å². The molecule has 2 rings (SSSR count). The molecule has 1 aromatic heterocycles. The van der Waals surface area contributed by atoms with E-state index in [0.29, 0.717) is 0 Å². The summed E-state index contributed by atoms with van der Waals surface area (Å²) in [6.45, 7) is 7.74. The van der Waals surface area contributed by atoms with Crippen molar-refractivity contribution in [1.29, 1.82) is 0 Å². The zero-order chi connectivity index (χ0) is 9.80. The smallest absolute Gasteiger partial charge is 0.103 e. The Labute approximate surface area is 84.7 Å². The average molecular weight is 194 g/mol. The zero-order valence-electron chi connectivity index (χ0n) is 8.71. The molecule has 2 heterocycles. The van der Waals surface area contributed by atoms with Gasteiger partial charge in [-0.1, -0.05) is 0 Å². The van der Waals surface area contributed by atoms with Gasteiger partial charge >= 0.3 is 0 Å². The summed E-state index contributed by atoms with van der Waals surface area (Å²) in [4.78, 5) is 9.95. The van der Waals surface area contributed by atoms with Crippen LogP contribution in [0.25, 0.3) is 0 Å². The van der Waals surface area contributed by atoms with Crippen LogP contribution in [0.3, 0.4) is 0 Å². The van der Waals surface area contributed by atoms with Crippen LogP contribution in [0.1, 0.15) is 11.5 Å². The van der Waals surface area contributed by atoms with Crippen LogP contribution in [0.4, 0.5) is 0 Å². The lowest BCUT2D eigenvalue weighted by molar-refractivity contribution is 0.243. The summed E-state index contributed by atoms with van der Waals surface area (Å²) in [5.74, 6) is 1.01. The number of aromatic amines is 1. The van der Waals surface area contributed by atoms with Gasteiger partial charge in [0.05, 0.1) is 0 Å². The maximum Gasteiger partial charge on any atom is 0.103 e. The molecular weight excluding hydrogens is 176 g/mol. The molecule has 78 valence electrons. The van der Waals surface area contributed by atoms with E-state index in [4.69, 9.17) is 0 Å². The number of piperazine rings is 1. The minimum Gasteiger partial charge on any atom is -0.346 e. The second-order valence-electron chi connectivity index (χ2n) is 3.84. The second-order valence-corrected chi connectivity index (χ2v) is 3.84. The van der Waals surface area contributed by atoms with Gasteiger partial charge in [0.25, 0.3) is 0 Å². The summed E-state index contributed by atoms with van der Waals surface area (Å²) >= 11 is 0.